The standard InChI is InChI=1S/C55H41N/c1-34-22-30-51-50-32-38(25-31-52(50)56(55(34,51)2)39-16-4-3-5-17-39)48-33-49(43-21-11-15-36-13-7-9-19-41(36)43)47-27-24-37-23-26-44(45-28-29-46(48)54(47)53(37)45)42-20-10-14-35-12-6-8-18-40(35)42/h3-21,23-29,31-34,51H,22,30H2,1-2H3. The molecule has 10 aromatic rings. The van der Waals surface area contributed by atoms with Crippen molar-refractivity contribution < 1.29 is 0 Å². The normalized spacial score (nSPS) is 19.1. The van der Waals surface area contributed by atoms with Gasteiger partial charge in [0.25, 0.3) is 0 Å². The van der Waals surface area contributed by atoms with Gasteiger partial charge in [-0.2, -0.15) is 0 Å². The molecule has 1 aliphatic carbocycles. The third-order valence-corrected chi connectivity index (χ3v) is 14.0. The predicted molar refractivity (Wildman–Crippen MR) is 240 cm³/mol. The van der Waals surface area contributed by atoms with Gasteiger partial charge in [0.15, 0.2) is 0 Å². The Kier molecular flexibility index (Phi) is 6.70. The van der Waals surface area contributed by atoms with Gasteiger partial charge in [0.05, 0.1) is 5.54 Å². The van der Waals surface area contributed by atoms with Crippen LogP contribution < -0.4 is 4.90 Å². The first kappa shape index (κ1) is 31.9. The molecule has 0 bridgehead atoms. The van der Waals surface area contributed by atoms with E-state index in [1.165, 1.54) is 117 Å². The Morgan fingerprint density at radius 3 is 1.79 bits per heavy atom. The molecule has 266 valence electrons. The van der Waals surface area contributed by atoms with E-state index in [4.69, 9.17) is 0 Å². The van der Waals surface area contributed by atoms with E-state index < -0.39 is 0 Å². The largest absolute Gasteiger partial charge is 0.334 e. The molecule has 1 heteroatoms. The van der Waals surface area contributed by atoms with Crippen molar-refractivity contribution in [3.8, 4) is 33.4 Å². The van der Waals surface area contributed by atoms with Gasteiger partial charge in [-0.05, 0) is 149 Å². The van der Waals surface area contributed by atoms with Crippen molar-refractivity contribution in [1.82, 2.24) is 0 Å². The van der Waals surface area contributed by atoms with Crippen LogP contribution in [-0.4, -0.2) is 5.54 Å². The molecule has 3 unspecified atom stereocenters. The van der Waals surface area contributed by atoms with Gasteiger partial charge in [-0.15, -0.1) is 0 Å². The summed E-state index contributed by atoms with van der Waals surface area (Å²) in [6.07, 6.45) is 2.46. The monoisotopic (exact) mass is 715 g/mol. The zero-order valence-corrected chi connectivity index (χ0v) is 31.8. The predicted octanol–water partition coefficient (Wildman–Crippen LogP) is 15.3. The number of anilines is 2. The summed E-state index contributed by atoms with van der Waals surface area (Å²) in [7, 11) is 0. The van der Waals surface area contributed by atoms with Gasteiger partial charge in [0.2, 0.25) is 0 Å². The number of para-hydroxylation sites is 1. The highest BCUT2D eigenvalue weighted by Crippen LogP contribution is 2.61. The van der Waals surface area contributed by atoms with E-state index in [0.29, 0.717) is 11.8 Å². The SMILES string of the molecule is CC1CCC2c3cc(-c4cc(-c5cccc6ccccc56)c5ccc6ccc(-c7cccc8ccccc78)c7ccc4c5c67)ccc3N(c3ccccc3)C12C. The second kappa shape index (κ2) is 11.8. The summed E-state index contributed by atoms with van der Waals surface area (Å²) in [5.74, 6) is 1.07. The van der Waals surface area contributed by atoms with E-state index in [-0.39, 0.29) is 5.54 Å². The lowest BCUT2D eigenvalue weighted by atomic mass is 9.80. The maximum Gasteiger partial charge on any atom is 0.0518 e. The first-order valence-corrected chi connectivity index (χ1v) is 20.3. The van der Waals surface area contributed by atoms with Crippen LogP contribution in [0.2, 0.25) is 0 Å². The van der Waals surface area contributed by atoms with Crippen molar-refractivity contribution in [3.63, 3.8) is 0 Å². The topological polar surface area (TPSA) is 3.24 Å². The van der Waals surface area contributed by atoms with Crippen LogP contribution in [0.15, 0.2) is 176 Å². The van der Waals surface area contributed by atoms with Crippen LogP contribution in [0.1, 0.15) is 38.2 Å². The smallest absolute Gasteiger partial charge is 0.0518 e. The van der Waals surface area contributed by atoms with E-state index in [1.54, 1.807) is 0 Å². The maximum absolute atomic E-state index is 2.68. The minimum Gasteiger partial charge on any atom is -0.334 e. The number of rotatable bonds is 4. The summed E-state index contributed by atoms with van der Waals surface area (Å²) in [4.78, 5) is 2.68. The summed E-state index contributed by atoms with van der Waals surface area (Å²) in [6, 6.07) is 66.4. The van der Waals surface area contributed by atoms with Crippen LogP contribution in [0.3, 0.4) is 0 Å². The highest BCUT2D eigenvalue weighted by molar-refractivity contribution is 6.31. The Morgan fingerprint density at radius 1 is 0.446 bits per heavy atom. The molecule has 1 nitrogen and oxygen atoms in total. The summed E-state index contributed by atoms with van der Waals surface area (Å²) in [5, 5.41) is 13.0. The van der Waals surface area contributed by atoms with E-state index in [2.05, 4.69) is 195 Å². The number of benzene rings is 10. The molecule has 10 aromatic carbocycles. The number of hydrogen-bond acceptors (Lipinski definition) is 1. The fraction of sp³-hybridized carbons (Fsp3) is 0.127. The maximum atomic E-state index is 2.68. The third kappa shape index (κ3) is 4.32. The van der Waals surface area contributed by atoms with Gasteiger partial charge in [-0.3, -0.25) is 0 Å². The molecule has 56 heavy (non-hydrogen) atoms. The average molecular weight is 716 g/mol. The Morgan fingerprint density at radius 2 is 1.04 bits per heavy atom. The van der Waals surface area contributed by atoms with Crippen molar-refractivity contribution >= 4 is 65.2 Å². The Labute approximate surface area is 327 Å². The summed E-state index contributed by atoms with van der Waals surface area (Å²) in [5.41, 5.74) is 11.9. The van der Waals surface area contributed by atoms with E-state index >= 15 is 0 Å². The highest BCUT2D eigenvalue weighted by Gasteiger charge is 2.55. The minimum atomic E-state index is 0.0388. The molecule has 0 saturated heterocycles. The number of fused-ring (bicyclic) bond motifs is 5. The van der Waals surface area contributed by atoms with Crippen LogP contribution in [-0.2, 0) is 0 Å². The van der Waals surface area contributed by atoms with Crippen LogP contribution in [0.4, 0.5) is 11.4 Å². The average Bonchev–Trinajstić information content (AvgIpc) is 3.69. The zero-order valence-electron chi connectivity index (χ0n) is 31.8. The lowest BCUT2D eigenvalue weighted by Gasteiger charge is -2.41. The fourth-order valence-corrected chi connectivity index (χ4v) is 11.2. The molecule has 1 aliphatic heterocycles. The summed E-state index contributed by atoms with van der Waals surface area (Å²) >= 11 is 0. The van der Waals surface area contributed by atoms with Crippen LogP contribution in [0, 0.1) is 5.92 Å². The van der Waals surface area contributed by atoms with Gasteiger partial charge in [0, 0.05) is 17.3 Å². The summed E-state index contributed by atoms with van der Waals surface area (Å²) in [6.45, 7) is 4.98. The van der Waals surface area contributed by atoms with Gasteiger partial charge in [-0.1, -0.05) is 153 Å². The van der Waals surface area contributed by atoms with Crippen LogP contribution >= 0.6 is 0 Å². The molecule has 0 spiro atoms. The molecular formula is C55H41N. The Bertz CT molecular complexity index is 3180. The molecule has 0 radical (unpaired) electrons. The molecule has 0 aromatic heterocycles. The first-order chi connectivity index (χ1) is 27.6. The quantitative estimate of drug-likeness (QED) is 0.164. The minimum absolute atomic E-state index is 0.0388. The molecule has 1 saturated carbocycles. The molecule has 12 rings (SSSR count). The lowest BCUT2D eigenvalue weighted by Crippen LogP contribution is -2.45. The lowest BCUT2D eigenvalue weighted by molar-refractivity contribution is 0.355. The molecule has 2 aliphatic rings. The first-order valence-electron chi connectivity index (χ1n) is 20.3. The van der Waals surface area contributed by atoms with Crippen LogP contribution in [0.5, 0.6) is 0 Å². The Balaban J connectivity index is 1.16. The van der Waals surface area contributed by atoms with Gasteiger partial charge >= 0.3 is 0 Å². The van der Waals surface area contributed by atoms with Gasteiger partial charge in [-0.25, -0.2) is 0 Å². The van der Waals surface area contributed by atoms with Gasteiger partial charge < -0.3 is 4.90 Å². The van der Waals surface area contributed by atoms with Crippen molar-refractivity contribution in [2.24, 2.45) is 5.92 Å². The summed E-state index contributed by atoms with van der Waals surface area (Å²) < 4.78 is 0. The van der Waals surface area contributed by atoms with Crippen LogP contribution in [0.25, 0.3) is 87.2 Å². The highest BCUT2D eigenvalue weighted by atomic mass is 15.2. The van der Waals surface area contributed by atoms with Crippen molar-refractivity contribution in [2.45, 2.75) is 38.1 Å². The van der Waals surface area contributed by atoms with E-state index in [9.17, 15) is 0 Å². The van der Waals surface area contributed by atoms with Crippen molar-refractivity contribution in [1.29, 1.82) is 0 Å². The molecule has 0 N–H and O–H groups in total. The second-order valence-corrected chi connectivity index (χ2v) is 16.6. The van der Waals surface area contributed by atoms with E-state index in [0.717, 1.165) is 0 Å². The third-order valence-electron chi connectivity index (χ3n) is 14.0. The Hall–Kier alpha value is -6.44. The van der Waals surface area contributed by atoms with Crippen molar-refractivity contribution in [2.75, 3.05) is 4.90 Å². The van der Waals surface area contributed by atoms with Gasteiger partial charge in [0.1, 0.15) is 0 Å². The second-order valence-electron chi connectivity index (χ2n) is 16.6. The molecular weight excluding hydrogens is 675 g/mol. The van der Waals surface area contributed by atoms with E-state index in [1.807, 2.05) is 0 Å². The molecule has 0 amide bonds. The van der Waals surface area contributed by atoms with Crippen molar-refractivity contribution in [3.05, 3.63) is 181 Å². The molecule has 3 atom stereocenters. The zero-order chi connectivity index (χ0) is 37.1. The number of nitrogens with zero attached hydrogens (tertiary/aromatic N) is 1. The number of hydrogen-bond donors (Lipinski definition) is 0. The molecule has 1 fully saturated rings. The molecule has 1 heterocycles. The fourth-order valence-electron chi connectivity index (χ4n) is 11.2.